The quantitative estimate of drug-likeness (QED) is 0.408. The molecule has 0 fully saturated rings. The molecule has 0 aromatic heterocycles. The van der Waals surface area contributed by atoms with Crippen LogP contribution in [0.5, 0.6) is 0 Å². The number of carbonyl (C=O) groups excluding carboxylic acids is 1. The Hall–Kier alpha value is -0.220. The molecular weight excluding hydrogens is 198 g/mol. The second-order valence-electron chi connectivity index (χ2n) is 4.64. The van der Waals surface area contributed by atoms with E-state index in [-0.39, 0.29) is 12.5 Å². The third-order valence-corrected chi connectivity index (χ3v) is 2.00. The smallest absolute Gasteiger partial charge is 0.247 e. The van der Waals surface area contributed by atoms with Gasteiger partial charge in [-0.3, -0.25) is 4.79 Å². The van der Waals surface area contributed by atoms with E-state index in [9.17, 15) is 4.79 Å². The van der Waals surface area contributed by atoms with Crippen LogP contribution in [-0.4, -0.2) is 19.1 Å². The molecule has 0 radical (unpaired) electrons. The number of thiol groups is 1. The van der Waals surface area contributed by atoms with Crippen LogP contribution in [0.4, 0.5) is 0 Å². The highest BCUT2D eigenvalue weighted by molar-refractivity contribution is 7.75. The van der Waals surface area contributed by atoms with Crippen molar-refractivity contribution in [1.82, 2.24) is 5.32 Å². The summed E-state index contributed by atoms with van der Waals surface area (Å²) in [5.74, 6) is -0.101. The van der Waals surface area contributed by atoms with Gasteiger partial charge in [0.1, 0.15) is 6.61 Å². The van der Waals surface area contributed by atoms with Crippen LogP contribution < -0.4 is 5.32 Å². The summed E-state index contributed by atoms with van der Waals surface area (Å²) in [5.41, 5.74) is 0.387. The molecule has 0 heterocycles. The Balaban J connectivity index is 3.26. The first kappa shape index (κ1) is 13.8. The average molecular weight is 219 g/mol. The van der Waals surface area contributed by atoms with Crippen molar-refractivity contribution in [1.29, 1.82) is 0 Å². The van der Waals surface area contributed by atoms with E-state index < -0.39 is 0 Å². The largest absolute Gasteiger partial charge is 0.354 e. The maximum absolute atomic E-state index is 10.9. The van der Waals surface area contributed by atoms with Crippen LogP contribution in [0.25, 0.3) is 0 Å². The second kappa shape index (κ2) is 7.12. The molecule has 0 aliphatic rings. The summed E-state index contributed by atoms with van der Waals surface area (Å²) < 4.78 is 4.40. The van der Waals surface area contributed by atoms with Crippen LogP contribution in [0.1, 0.15) is 40.0 Å². The summed E-state index contributed by atoms with van der Waals surface area (Å²) in [4.78, 5) is 10.9. The summed E-state index contributed by atoms with van der Waals surface area (Å²) in [6, 6.07) is 0. The fourth-order valence-corrected chi connectivity index (χ4v) is 1.24. The Bertz CT molecular complexity index is 166. The highest BCUT2D eigenvalue weighted by Crippen LogP contribution is 2.20. The minimum atomic E-state index is -0.101. The molecule has 4 heteroatoms. The van der Waals surface area contributed by atoms with Crippen molar-refractivity contribution in [2.45, 2.75) is 40.0 Å². The van der Waals surface area contributed by atoms with Crippen LogP contribution >= 0.6 is 12.9 Å². The number of carbonyl (C=O) groups is 1. The lowest BCUT2D eigenvalue weighted by Crippen LogP contribution is -2.27. The van der Waals surface area contributed by atoms with Gasteiger partial charge in [-0.25, -0.2) is 0 Å². The van der Waals surface area contributed by atoms with Crippen molar-refractivity contribution < 1.29 is 8.98 Å². The van der Waals surface area contributed by atoms with Crippen LogP contribution in [-0.2, 0) is 8.98 Å². The topological polar surface area (TPSA) is 38.3 Å². The number of rotatable bonds is 6. The van der Waals surface area contributed by atoms with E-state index in [1.54, 1.807) is 0 Å². The summed E-state index contributed by atoms with van der Waals surface area (Å²) in [5, 5.41) is 2.76. The van der Waals surface area contributed by atoms with Crippen molar-refractivity contribution in [2.75, 3.05) is 13.2 Å². The van der Waals surface area contributed by atoms with Gasteiger partial charge in [0.15, 0.2) is 0 Å². The van der Waals surface area contributed by atoms with Gasteiger partial charge in [0, 0.05) is 6.54 Å². The summed E-state index contributed by atoms with van der Waals surface area (Å²) in [6.07, 6.45) is 3.35. The zero-order valence-electron chi connectivity index (χ0n) is 9.30. The molecule has 0 aromatic carbocycles. The third-order valence-electron chi connectivity index (χ3n) is 1.87. The molecule has 0 atom stereocenters. The van der Waals surface area contributed by atoms with Crippen molar-refractivity contribution in [2.24, 2.45) is 5.41 Å². The maximum atomic E-state index is 10.9. The third kappa shape index (κ3) is 9.86. The van der Waals surface area contributed by atoms with Gasteiger partial charge in [-0.05, 0) is 31.2 Å². The van der Waals surface area contributed by atoms with Crippen molar-refractivity contribution in [3.05, 3.63) is 0 Å². The van der Waals surface area contributed by atoms with Gasteiger partial charge < -0.3 is 9.50 Å². The predicted octanol–water partition coefficient (Wildman–Crippen LogP) is 2.18. The van der Waals surface area contributed by atoms with Crippen molar-refractivity contribution >= 4 is 18.8 Å². The SMILES string of the molecule is CC(C)(C)CCCCNC(=O)COS. The van der Waals surface area contributed by atoms with Crippen molar-refractivity contribution in [3.63, 3.8) is 0 Å². The lowest BCUT2D eigenvalue weighted by molar-refractivity contribution is -0.122. The maximum Gasteiger partial charge on any atom is 0.247 e. The lowest BCUT2D eigenvalue weighted by Gasteiger charge is -2.17. The first-order valence-electron chi connectivity index (χ1n) is 4.99. The first-order chi connectivity index (χ1) is 6.45. The van der Waals surface area contributed by atoms with Crippen LogP contribution in [0.3, 0.4) is 0 Å². The summed E-state index contributed by atoms with van der Waals surface area (Å²) >= 11 is 3.50. The van der Waals surface area contributed by atoms with Crippen LogP contribution in [0.2, 0.25) is 0 Å². The van der Waals surface area contributed by atoms with E-state index >= 15 is 0 Å². The number of hydrogen-bond acceptors (Lipinski definition) is 3. The fourth-order valence-electron chi connectivity index (χ4n) is 1.12. The molecule has 14 heavy (non-hydrogen) atoms. The molecule has 1 N–H and O–H groups in total. The van der Waals surface area contributed by atoms with Crippen LogP contribution in [0, 0.1) is 5.41 Å². The second-order valence-corrected chi connectivity index (χ2v) is 4.90. The van der Waals surface area contributed by atoms with E-state index in [0.717, 1.165) is 19.4 Å². The predicted molar refractivity (Wildman–Crippen MR) is 61.3 cm³/mol. The van der Waals surface area contributed by atoms with Gasteiger partial charge in [0.25, 0.3) is 0 Å². The van der Waals surface area contributed by atoms with E-state index in [2.05, 4.69) is 43.2 Å². The van der Waals surface area contributed by atoms with Crippen LogP contribution in [0.15, 0.2) is 0 Å². The molecule has 1 amide bonds. The Labute approximate surface area is 92.2 Å². The molecule has 0 aliphatic heterocycles. The van der Waals surface area contributed by atoms with Gasteiger partial charge in [-0.1, -0.05) is 27.2 Å². The van der Waals surface area contributed by atoms with E-state index in [1.807, 2.05) is 0 Å². The van der Waals surface area contributed by atoms with Gasteiger partial charge in [0.2, 0.25) is 5.91 Å². The molecule has 0 aliphatic carbocycles. The number of nitrogens with one attached hydrogen (secondary N) is 1. The summed E-state index contributed by atoms with van der Waals surface area (Å²) in [6.45, 7) is 7.43. The molecule has 0 spiro atoms. The first-order valence-corrected chi connectivity index (χ1v) is 5.35. The molecule has 0 saturated heterocycles. The summed E-state index contributed by atoms with van der Waals surface area (Å²) in [7, 11) is 0. The van der Waals surface area contributed by atoms with E-state index in [1.165, 1.54) is 6.42 Å². The van der Waals surface area contributed by atoms with Crippen molar-refractivity contribution in [3.8, 4) is 0 Å². The fraction of sp³-hybridized carbons (Fsp3) is 0.900. The number of hydrogen-bond donors (Lipinski definition) is 2. The van der Waals surface area contributed by atoms with E-state index in [0.29, 0.717) is 5.41 Å². The zero-order valence-corrected chi connectivity index (χ0v) is 10.2. The molecule has 84 valence electrons. The molecule has 0 aromatic rings. The normalized spacial score (nSPS) is 11.4. The lowest BCUT2D eigenvalue weighted by atomic mass is 9.90. The van der Waals surface area contributed by atoms with Gasteiger partial charge in [0.05, 0.1) is 0 Å². The number of unbranched alkanes of at least 4 members (excludes halogenated alkanes) is 1. The Morgan fingerprint density at radius 1 is 1.36 bits per heavy atom. The molecule has 0 unspecified atom stereocenters. The van der Waals surface area contributed by atoms with E-state index in [4.69, 9.17) is 0 Å². The average Bonchev–Trinajstić information content (AvgIpc) is 2.02. The zero-order chi connectivity index (χ0) is 11.0. The molecular formula is C10H21NO2S. The highest BCUT2D eigenvalue weighted by atomic mass is 32.1. The highest BCUT2D eigenvalue weighted by Gasteiger charge is 2.08. The Kier molecular flexibility index (Phi) is 7.01. The minimum Gasteiger partial charge on any atom is -0.354 e. The monoisotopic (exact) mass is 219 g/mol. The van der Waals surface area contributed by atoms with Gasteiger partial charge >= 0.3 is 0 Å². The minimum absolute atomic E-state index is 0.0301. The molecule has 3 nitrogen and oxygen atoms in total. The van der Waals surface area contributed by atoms with Gasteiger partial charge in [-0.2, -0.15) is 0 Å². The number of amides is 1. The Morgan fingerprint density at radius 2 is 2.00 bits per heavy atom. The molecule has 0 saturated carbocycles. The Morgan fingerprint density at radius 3 is 2.50 bits per heavy atom. The molecule has 0 bridgehead atoms. The van der Waals surface area contributed by atoms with Gasteiger partial charge in [-0.15, -0.1) is 0 Å². The molecule has 0 rings (SSSR count). The standard InChI is InChI=1S/C10H21NO2S/c1-10(2,3)6-4-5-7-11-9(12)8-13-14/h14H,4-8H2,1-3H3,(H,11,12).